The van der Waals surface area contributed by atoms with Crippen LogP contribution in [0.1, 0.15) is 6.92 Å². The number of rotatable bonds is 1. The summed E-state index contributed by atoms with van der Waals surface area (Å²) in [5.74, 6) is 2.95. The van der Waals surface area contributed by atoms with E-state index < -0.39 is 0 Å². The maximum atomic E-state index is 5.30. The molecule has 0 aromatic heterocycles. The van der Waals surface area contributed by atoms with Crippen molar-refractivity contribution < 1.29 is 0 Å². The Morgan fingerprint density at radius 1 is 2.00 bits per heavy atom. The lowest BCUT2D eigenvalue weighted by atomic mass is 10.3. The second kappa shape index (κ2) is 3.77. The van der Waals surface area contributed by atoms with Gasteiger partial charge in [0.15, 0.2) is 0 Å². The van der Waals surface area contributed by atoms with Crippen molar-refractivity contribution >= 4 is 11.6 Å². The maximum absolute atomic E-state index is 5.30. The molecule has 7 heavy (non-hydrogen) atoms. The third kappa shape index (κ3) is 3.42. The van der Waals surface area contributed by atoms with Crippen LogP contribution in [0.15, 0.2) is 11.6 Å². The zero-order chi connectivity index (χ0) is 5.70. The van der Waals surface area contributed by atoms with E-state index in [2.05, 4.69) is 5.92 Å². The summed E-state index contributed by atoms with van der Waals surface area (Å²) in [6.07, 6.45) is 6.77. The number of halogens is 1. The van der Waals surface area contributed by atoms with Crippen molar-refractivity contribution in [1.82, 2.24) is 0 Å². The third-order valence-corrected chi connectivity index (χ3v) is 0.765. The molecule has 0 spiro atoms. The van der Waals surface area contributed by atoms with Gasteiger partial charge in [-0.15, -0.1) is 18.0 Å². The van der Waals surface area contributed by atoms with Crippen molar-refractivity contribution in [2.45, 2.75) is 6.92 Å². The second-order valence-corrected chi connectivity index (χ2v) is 1.49. The molecular weight excluding hydrogens is 108 g/mol. The van der Waals surface area contributed by atoms with Crippen LogP contribution in [-0.4, -0.2) is 5.88 Å². The average molecular weight is 115 g/mol. The van der Waals surface area contributed by atoms with E-state index in [0.29, 0.717) is 5.88 Å². The van der Waals surface area contributed by atoms with Crippen LogP contribution in [-0.2, 0) is 0 Å². The third-order valence-electron chi connectivity index (χ3n) is 0.611. The lowest BCUT2D eigenvalue weighted by Crippen LogP contribution is -1.66. The standard InChI is InChI=1S/C6H7Cl/c1-3-6(2)4-5-7/h1,4H,5H2,2H3/b6-4+. The minimum absolute atomic E-state index is 0.510. The molecule has 0 bridgehead atoms. The minimum atomic E-state index is 0.510. The Morgan fingerprint density at radius 3 is 2.71 bits per heavy atom. The number of allylic oxidation sites excluding steroid dienone is 2. The molecule has 0 fully saturated rings. The normalized spacial score (nSPS) is 10.7. The summed E-state index contributed by atoms with van der Waals surface area (Å²) in [7, 11) is 0. The molecule has 0 atom stereocenters. The molecule has 0 saturated carbocycles. The van der Waals surface area contributed by atoms with Crippen LogP contribution >= 0.6 is 11.6 Å². The SMILES string of the molecule is C#C/C(C)=C/CCl. The lowest BCUT2D eigenvalue weighted by Gasteiger charge is -1.78. The smallest absolute Gasteiger partial charge is 0.0415 e. The molecule has 1 heteroatoms. The Morgan fingerprint density at radius 2 is 2.57 bits per heavy atom. The summed E-state index contributed by atoms with van der Waals surface area (Å²) in [6, 6.07) is 0. The Kier molecular flexibility index (Phi) is 3.55. The van der Waals surface area contributed by atoms with Crippen LogP contribution < -0.4 is 0 Å². The first-order chi connectivity index (χ1) is 3.31. The molecule has 0 aliphatic rings. The molecule has 0 N–H and O–H groups in total. The molecule has 0 radical (unpaired) electrons. The highest BCUT2D eigenvalue weighted by molar-refractivity contribution is 6.18. The van der Waals surface area contributed by atoms with Crippen molar-refractivity contribution in [2.75, 3.05) is 5.88 Å². The molecule has 0 aliphatic carbocycles. The van der Waals surface area contributed by atoms with Gasteiger partial charge in [-0.2, -0.15) is 0 Å². The summed E-state index contributed by atoms with van der Waals surface area (Å²) in [4.78, 5) is 0. The number of terminal acetylenes is 1. The van der Waals surface area contributed by atoms with E-state index in [-0.39, 0.29) is 0 Å². The van der Waals surface area contributed by atoms with Crippen molar-refractivity contribution in [2.24, 2.45) is 0 Å². The van der Waals surface area contributed by atoms with Crippen molar-refractivity contribution in [1.29, 1.82) is 0 Å². The fourth-order valence-corrected chi connectivity index (χ4v) is 0.406. The Bertz CT molecular complexity index is 106. The Labute approximate surface area is 49.2 Å². The van der Waals surface area contributed by atoms with Crippen LogP contribution in [0, 0.1) is 12.3 Å². The van der Waals surface area contributed by atoms with Crippen LogP contribution in [0.4, 0.5) is 0 Å². The van der Waals surface area contributed by atoms with Gasteiger partial charge in [-0.05, 0) is 12.5 Å². The number of alkyl halides is 1. The Hall–Kier alpha value is -0.410. The molecule has 0 unspecified atom stereocenters. The van der Waals surface area contributed by atoms with Crippen LogP contribution in [0.2, 0.25) is 0 Å². The molecule has 0 nitrogen and oxygen atoms in total. The molecule has 0 aliphatic heterocycles. The van der Waals surface area contributed by atoms with Crippen molar-refractivity contribution in [3.63, 3.8) is 0 Å². The lowest BCUT2D eigenvalue weighted by molar-refractivity contribution is 1.53. The Balaban J connectivity index is 3.57. The minimum Gasteiger partial charge on any atom is -0.122 e. The van der Waals surface area contributed by atoms with E-state index in [1.165, 1.54) is 0 Å². The first kappa shape index (κ1) is 6.59. The zero-order valence-electron chi connectivity index (χ0n) is 4.24. The van der Waals surface area contributed by atoms with Gasteiger partial charge in [0.2, 0.25) is 0 Å². The fourth-order valence-electron chi connectivity index (χ4n) is 0.175. The molecule has 0 aromatic carbocycles. The fraction of sp³-hybridized carbons (Fsp3) is 0.333. The van der Waals surface area contributed by atoms with Crippen molar-refractivity contribution in [3.05, 3.63) is 11.6 Å². The predicted octanol–water partition coefficient (Wildman–Crippen LogP) is 1.80. The maximum Gasteiger partial charge on any atom is 0.0415 e. The summed E-state index contributed by atoms with van der Waals surface area (Å²) < 4.78 is 0. The van der Waals surface area contributed by atoms with E-state index in [1.54, 1.807) is 6.08 Å². The highest BCUT2D eigenvalue weighted by Gasteiger charge is 1.73. The molecule has 0 heterocycles. The first-order valence-corrected chi connectivity index (χ1v) is 2.54. The second-order valence-electron chi connectivity index (χ2n) is 1.19. The summed E-state index contributed by atoms with van der Waals surface area (Å²) >= 11 is 5.30. The summed E-state index contributed by atoms with van der Waals surface area (Å²) in [6.45, 7) is 1.85. The largest absolute Gasteiger partial charge is 0.122 e. The molecule has 0 amide bonds. The van der Waals surface area contributed by atoms with Gasteiger partial charge in [0, 0.05) is 5.88 Å². The van der Waals surface area contributed by atoms with E-state index in [1.807, 2.05) is 6.92 Å². The van der Waals surface area contributed by atoms with E-state index in [4.69, 9.17) is 18.0 Å². The van der Waals surface area contributed by atoms with Gasteiger partial charge in [0.05, 0.1) is 0 Å². The van der Waals surface area contributed by atoms with Crippen LogP contribution in [0.5, 0.6) is 0 Å². The molecular formula is C6H7Cl. The number of hydrogen-bond donors (Lipinski definition) is 0. The highest BCUT2D eigenvalue weighted by Crippen LogP contribution is 1.88. The summed E-state index contributed by atoms with van der Waals surface area (Å²) in [5.41, 5.74) is 0.898. The van der Waals surface area contributed by atoms with Gasteiger partial charge in [-0.3, -0.25) is 0 Å². The molecule has 0 aromatic rings. The van der Waals surface area contributed by atoms with Crippen molar-refractivity contribution in [3.8, 4) is 12.3 Å². The highest BCUT2D eigenvalue weighted by atomic mass is 35.5. The van der Waals surface area contributed by atoms with Crippen LogP contribution in [0.3, 0.4) is 0 Å². The average Bonchev–Trinajstić information content (AvgIpc) is 1.68. The van der Waals surface area contributed by atoms with E-state index in [0.717, 1.165) is 5.57 Å². The van der Waals surface area contributed by atoms with E-state index >= 15 is 0 Å². The van der Waals surface area contributed by atoms with Gasteiger partial charge in [-0.1, -0.05) is 12.0 Å². The topological polar surface area (TPSA) is 0 Å². The monoisotopic (exact) mass is 114 g/mol. The zero-order valence-corrected chi connectivity index (χ0v) is 5.00. The first-order valence-electron chi connectivity index (χ1n) is 2.00. The predicted molar refractivity (Wildman–Crippen MR) is 33.3 cm³/mol. The van der Waals surface area contributed by atoms with Gasteiger partial charge in [0.1, 0.15) is 0 Å². The van der Waals surface area contributed by atoms with Crippen LogP contribution in [0.25, 0.3) is 0 Å². The van der Waals surface area contributed by atoms with Gasteiger partial charge >= 0.3 is 0 Å². The van der Waals surface area contributed by atoms with Gasteiger partial charge in [-0.25, -0.2) is 0 Å². The molecule has 0 saturated heterocycles. The van der Waals surface area contributed by atoms with Gasteiger partial charge < -0.3 is 0 Å². The quantitative estimate of drug-likeness (QED) is 0.360. The molecule has 38 valence electrons. The molecule has 0 rings (SSSR count). The van der Waals surface area contributed by atoms with Gasteiger partial charge in [0.25, 0.3) is 0 Å². The summed E-state index contributed by atoms with van der Waals surface area (Å²) in [5, 5.41) is 0. The number of hydrogen-bond acceptors (Lipinski definition) is 0. The van der Waals surface area contributed by atoms with E-state index in [9.17, 15) is 0 Å².